The summed E-state index contributed by atoms with van der Waals surface area (Å²) in [4.78, 5) is 16.1. The van der Waals surface area contributed by atoms with Crippen molar-refractivity contribution in [2.24, 2.45) is 0 Å². The van der Waals surface area contributed by atoms with Gasteiger partial charge in [0.25, 0.3) is 5.91 Å². The van der Waals surface area contributed by atoms with Crippen molar-refractivity contribution in [2.45, 2.75) is 38.1 Å². The van der Waals surface area contributed by atoms with Gasteiger partial charge in [0.05, 0.1) is 0 Å². The van der Waals surface area contributed by atoms with Crippen LogP contribution in [0.4, 0.5) is 0 Å². The average molecular weight is 315 g/mol. The number of likely N-dealkylation sites (tertiary alicyclic amines) is 1. The number of aryl methyl sites for hydroxylation is 1. The van der Waals surface area contributed by atoms with E-state index in [2.05, 4.69) is 17.5 Å². The van der Waals surface area contributed by atoms with Gasteiger partial charge >= 0.3 is 0 Å². The fraction of sp³-hybridized carbons (Fsp3) is 0.389. The van der Waals surface area contributed by atoms with E-state index >= 15 is 0 Å². The normalized spacial score (nSPS) is 18.4. The zero-order valence-electron chi connectivity index (χ0n) is 12.6. The molecule has 0 saturated carbocycles. The van der Waals surface area contributed by atoms with Crippen LogP contribution < -0.4 is 0 Å². The minimum absolute atomic E-state index is 0.0479. The van der Waals surface area contributed by atoms with Gasteiger partial charge in [-0.1, -0.05) is 12.1 Å². The van der Waals surface area contributed by atoms with Crippen LogP contribution >= 0.6 is 11.3 Å². The highest BCUT2D eigenvalue weighted by molar-refractivity contribution is 7.09. The maximum atomic E-state index is 12.7. The number of thiophene rings is 1. The lowest BCUT2D eigenvalue weighted by Gasteiger charge is -2.36. The fourth-order valence-electron chi connectivity index (χ4n) is 3.14. The lowest BCUT2D eigenvalue weighted by Crippen LogP contribution is -2.43. The number of aromatic hydroxyl groups is 1. The third-order valence-corrected chi connectivity index (χ3v) is 5.22. The van der Waals surface area contributed by atoms with Crippen molar-refractivity contribution in [1.29, 1.82) is 0 Å². The summed E-state index contributed by atoms with van der Waals surface area (Å²) in [5.74, 6) is 0.199. The summed E-state index contributed by atoms with van der Waals surface area (Å²) in [6.45, 7) is 0.823. The van der Waals surface area contributed by atoms with Crippen LogP contribution in [0, 0.1) is 0 Å². The predicted octanol–water partition coefficient (Wildman–Crippen LogP) is 4.08. The first-order chi connectivity index (χ1) is 10.7. The van der Waals surface area contributed by atoms with Crippen LogP contribution in [0.1, 0.15) is 40.9 Å². The molecule has 1 amide bonds. The van der Waals surface area contributed by atoms with Gasteiger partial charge in [0.15, 0.2) is 0 Å². The SMILES string of the molecule is O=C(c1cccc(O)c1)N1CCCCC1CCc1cccs1. The summed E-state index contributed by atoms with van der Waals surface area (Å²) in [6, 6.07) is 11.2. The van der Waals surface area contributed by atoms with Crippen LogP contribution in [-0.4, -0.2) is 28.5 Å². The minimum Gasteiger partial charge on any atom is -0.508 e. The predicted molar refractivity (Wildman–Crippen MR) is 89.4 cm³/mol. The molecule has 0 radical (unpaired) electrons. The molecule has 1 aliphatic rings. The Labute approximate surface area is 135 Å². The van der Waals surface area contributed by atoms with Gasteiger partial charge < -0.3 is 10.0 Å². The molecule has 3 rings (SSSR count). The number of nitrogens with zero attached hydrogens (tertiary/aromatic N) is 1. The maximum absolute atomic E-state index is 12.7. The van der Waals surface area contributed by atoms with E-state index < -0.39 is 0 Å². The summed E-state index contributed by atoms with van der Waals surface area (Å²) >= 11 is 1.78. The van der Waals surface area contributed by atoms with Crippen molar-refractivity contribution >= 4 is 17.2 Å². The first-order valence-corrected chi connectivity index (χ1v) is 8.74. The molecule has 1 unspecified atom stereocenters. The second-order valence-corrected chi connectivity index (χ2v) is 6.85. The molecule has 1 saturated heterocycles. The van der Waals surface area contributed by atoms with E-state index in [1.165, 1.54) is 11.3 Å². The second kappa shape index (κ2) is 6.97. The smallest absolute Gasteiger partial charge is 0.254 e. The van der Waals surface area contributed by atoms with Crippen molar-refractivity contribution in [3.8, 4) is 5.75 Å². The van der Waals surface area contributed by atoms with Gasteiger partial charge in [-0.25, -0.2) is 0 Å². The molecule has 2 aromatic rings. The average Bonchev–Trinajstić information content (AvgIpc) is 3.06. The lowest BCUT2D eigenvalue weighted by molar-refractivity contribution is 0.0602. The molecule has 0 aliphatic carbocycles. The highest BCUT2D eigenvalue weighted by atomic mass is 32.1. The van der Waals surface area contributed by atoms with Crippen molar-refractivity contribution < 1.29 is 9.90 Å². The number of hydrogen-bond acceptors (Lipinski definition) is 3. The number of carbonyl (C=O) groups is 1. The minimum atomic E-state index is 0.0479. The number of amides is 1. The van der Waals surface area contributed by atoms with Gasteiger partial charge in [0.2, 0.25) is 0 Å². The van der Waals surface area contributed by atoms with Crippen LogP contribution in [0.5, 0.6) is 5.75 Å². The van der Waals surface area contributed by atoms with Crippen LogP contribution in [0.25, 0.3) is 0 Å². The fourth-order valence-corrected chi connectivity index (χ4v) is 3.86. The topological polar surface area (TPSA) is 40.5 Å². The highest BCUT2D eigenvalue weighted by Crippen LogP contribution is 2.25. The Balaban J connectivity index is 1.70. The van der Waals surface area contributed by atoms with E-state index in [1.54, 1.807) is 35.6 Å². The molecule has 1 N–H and O–H groups in total. The molecule has 22 heavy (non-hydrogen) atoms. The third-order valence-electron chi connectivity index (χ3n) is 4.29. The lowest BCUT2D eigenvalue weighted by atomic mass is 9.96. The first-order valence-electron chi connectivity index (χ1n) is 7.86. The number of hydrogen-bond donors (Lipinski definition) is 1. The summed E-state index contributed by atoms with van der Waals surface area (Å²) in [7, 11) is 0. The highest BCUT2D eigenvalue weighted by Gasteiger charge is 2.27. The molecule has 0 spiro atoms. The van der Waals surface area contributed by atoms with Gasteiger partial charge in [-0.2, -0.15) is 0 Å². The molecule has 116 valence electrons. The van der Waals surface area contributed by atoms with Crippen LogP contribution in [0.2, 0.25) is 0 Å². The van der Waals surface area contributed by atoms with E-state index in [-0.39, 0.29) is 11.7 Å². The Bertz CT molecular complexity index is 624. The number of phenols is 1. The number of piperidine rings is 1. The summed E-state index contributed by atoms with van der Waals surface area (Å²) < 4.78 is 0. The Morgan fingerprint density at radius 2 is 2.18 bits per heavy atom. The molecular weight excluding hydrogens is 294 g/mol. The molecule has 1 atom stereocenters. The van der Waals surface area contributed by atoms with Crippen molar-refractivity contribution in [1.82, 2.24) is 4.90 Å². The quantitative estimate of drug-likeness (QED) is 0.923. The maximum Gasteiger partial charge on any atom is 0.254 e. The third kappa shape index (κ3) is 3.50. The molecule has 1 aliphatic heterocycles. The molecule has 1 aromatic heterocycles. The monoisotopic (exact) mass is 315 g/mol. The van der Waals surface area contributed by atoms with Crippen LogP contribution in [-0.2, 0) is 6.42 Å². The van der Waals surface area contributed by atoms with Gasteiger partial charge in [-0.3, -0.25) is 4.79 Å². The summed E-state index contributed by atoms with van der Waals surface area (Å²) in [5, 5.41) is 11.7. The van der Waals surface area contributed by atoms with Crippen LogP contribution in [0.15, 0.2) is 41.8 Å². The first kappa shape index (κ1) is 15.1. The number of rotatable bonds is 4. The summed E-state index contributed by atoms with van der Waals surface area (Å²) in [5.41, 5.74) is 0.586. The van der Waals surface area contributed by atoms with Gasteiger partial charge in [0.1, 0.15) is 5.75 Å². The molecule has 4 heteroatoms. The van der Waals surface area contributed by atoms with E-state index in [0.29, 0.717) is 11.6 Å². The van der Waals surface area contributed by atoms with Gasteiger partial charge in [-0.15, -0.1) is 11.3 Å². The second-order valence-electron chi connectivity index (χ2n) is 5.82. The number of carbonyl (C=O) groups excluding carboxylic acids is 1. The molecule has 1 aromatic carbocycles. The summed E-state index contributed by atoms with van der Waals surface area (Å²) in [6.07, 6.45) is 5.39. The Kier molecular flexibility index (Phi) is 4.78. The zero-order valence-corrected chi connectivity index (χ0v) is 13.4. The van der Waals surface area contributed by atoms with Crippen LogP contribution in [0.3, 0.4) is 0 Å². The van der Waals surface area contributed by atoms with E-state index in [0.717, 1.165) is 32.2 Å². The van der Waals surface area contributed by atoms with E-state index in [9.17, 15) is 9.90 Å². The molecule has 2 heterocycles. The molecule has 1 fully saturated rings. The van der Waals surface area contributed by atoms with E-state index in [4.69, 9.17) is 0 Å². The Morgan fingerprint density at radius 3 is 2.95 bits per heavy atom. The molecular formula is C18H21NO2S. The van der Waals surface area contributed by atoms with Gasteiger partial charge in [0, 0.05) is 23.0 Å². The zero-order chi connectivity index (χ0) is 15.4. The number of phenolic OH excluding ortho intramolecular Hbond substituents is 1. The van der Waals surface area contributed by atoms with Crippen molar-refractivity contribution in [2.75, 3.05) is 6.54 Å². The molecule has 0 bridgehead atoms. The largest absolute Gasteiger partial charge is 0.508 e. The van der Waals surface area contributed by atoms with Crippen molar-refractivity contribution in [3.63, 3.8) is 0 Å². The van der Waals surface area contributed by atoms with E-state index in [1.807, 2.05) is 4.90 Å². The number of benzene rings is 1. The van der Waals surface area contributed by atoms with Crippen molar-refractivity contribution in [3.05, 3.63) is 52.2 Å². The van der Waals surface area contributed by atoms with Gasteiger partial charge in [-0.05, 0) is 61.7 Å². The standard InChI is InChI=1S/C18H21NO2S/c20-16-7-3-5-14(13-16)18(21)19-11-2-1-6-15(19)9-10-17-8-4-12-22-17/h3-5,7-8,12-13,15,20H,1-2,6,9-11H2. The Morgan fingerprint density at radius 1 is 1.27 bits per heavy atom. The molecule has 3 nitrogen and oxygen atoms in total. The Hall–Kier alpha value is -1.81.